The van der Waals surface area contributed by atoms with Gasteiger partial charge in [-0.3, -0.25) is 5.32 Å². The monoisotopic (exact) mass is 356 g/mol. The van der Waals surface area contributed by atoms with Crippen LogP contribution >= 0.6 is 0 Å². The van der Waals surface area contributed by atoms with Gasteiger partial charge in [-0.25, -0.2) is 14.3 Å². The maximum absolute atomic E-state index is 11.6. The van der Waals surface area contributed by atoms with Crippen molar-refractivity contribution >= 4 is 17.5 Å². The molecule has 2 N–H and O–H groups in total. The number of halogens is 1. The third kappa shape index (κ3) is 4.28. The van der Waals surface area contributed by atoms with Crippen LogP contribution in [0, 0.1) is 0 Å². The molecule has 0 atom stereocenters. The van der Waals surface area contributed by atoms with Crippen molar-refractivity contribution in [2.45, 2.75) is 0 Å². The second-order valence-corrected chi connectivity index (χ2v) is 3.55. The molecule has 18 heavy (non-hydrogen) atoms. The molecule has 0 unspecified atom stereocenters. The van der Waals surface area contributed by atoms with Crippen LogP contribution < -0.4 is 39.2 Å². The van der Waals surface area contributed by atoms with E-state index in [-0.39, 0.29) is 30.0 Å². The number of amides is 2. The Kier molecular flexibility index (Phi) is 5.50. The van der Waals surface area contributed by atoms with Crippen LogP contribution in [0.3, 0.4) is 0 Å². The molecule has 94 valence electrons. The van der Waals surface area contributed by atoms with Crippen LogP contribution in [-0.2, 0) is 7.05 Å². The van der Waals surface area contributed by atoms with Gasteiger partial charge in [-0.1, -0.05) is 6.07 Å². The predicted octanol–water partition coefficient (Wildman–Crippen LogP) is -1.45. The molecular weight excluding hydrogens is 343 g/mol. The minimum atomic E-state index is -0.310. The summed E-state index contributed by atoms with van der Waals surface area (Å²) in [5.41, 5.74) is 0.725. The van der Waals surface area contributed by atoms with Gasteiger partial charge >= 0.3 is 6.03 Å². The van der Waals surface area contributed by atoms with Crippen LogP contribution in [0.2, 0.25) is 0 Å². The normalized spacial score (nSPS) is 9.17. The first-order valence-electron chi connectivity index (χ1n) is 5.18. The largest absolute Gasteiger partial charge is 1.00 e. The number of anilines is 2. The quantitative estimate of drug-likeness (QED) is 0.511. The number of aromatic nitrogens is 2. The van der Waals surface area contributed by atoms with Crippen molar-refractivity contribution in [3.63, 3.8) is 0 Å². The standard InChI is InChI=1S/C12H12N4O.HI/c1-16-8-4-5-10(9-16)14-12(17)15-11-6-2-3-7-13-11;/h2-9H,1H3,(H-,13,14,15,17);1H. The number of nitrogens with zero attached hydrogens (tertiary/aromatic N) is 2. The second kappa shape index (κ2) is 6.90. The van der Waals surface area contributed by atoms with E-state index in [9.17, 15) is 4.79 Å². The number of urea groups is 1. The van der Waals surface area contributed by atoms with E-state index in [0.29, 0.717) is 5.82 Å². The summed E-state index contributed by atoms with van der Waals surface area (Å²) < 4.78 is 1.86. The third-order valence-corrected chi connectivity index (χ3v) is 2.10. The van der Waals surface area contributed by atoms with Crippen molar-refractivity contribution in [1.82, 2.24) is 4.98 Å². The second-order valence-electron chi connectivity index (χ2n) is 3.55. The van der Waals surface area contributed by atoms with E-state index in [1.807, 2.05) is 42.2 Å². The SMILES string of the molecule is C[n+]1cccc(NC(=O)Nc2ccccn2)c1.[I-]. The van der Waals surface area contributed by atoms with E-state index in [0.717, 1.165) is 5.69 Å². The van der Waals surface area contributed by atoms with Crippen LogP contribution in [0.5, 0.6) is 0 Å². The number of carbonyl (C=O) groups is 1. The zero-order valence-corrected chi connectivity index (χ0v) is 12.0. The van der Waals surface area contributed by atoms with Crippen LogP contribution in [-0.4, -0.2) is 11.0 Å². The molecule has 0 radical (unpaired) electrons. The number of carbonyl (C=O) groups excluding carboxylic acids is 1. The van der Waals surface area contributed by atoms with E-state index in [4.69, 9.17) is 0 Å². The lowest BCUT2D eigenvalue weighted by Crippen LogP contribution is -3.00. The van der Waals surface area contributed by atoms with Crippen molar-refractivity contribution < 1.29 is 33.3 Å². The van der Waals surface area contributed by atoms with E-state index < -0.39 is 0 Å². The minimum absolute atomic E-state index is 0. The molecule has 2 rings (SSSR count). The van der Waals surface area contributed by atoms with Crippen LogP contribution in [0.25, 0.3) is 0 Å². The number of rotatable bonds is 2. The van der Waals surface area contributed by atoms with Crippen LogP contribution in [0.4, 0.5) is 16.3 Å². The Morgan fingerprint density at radius 3 is 2.72 bits per heavy atom. The molecule has 0 bridgehead atoms. The van der Waals surface area contributed by atoms with E-state index >= 15 is 0 Å². The zero-order valence-electron chi connectivity index (χ0n) is 9.80. The highest BCUT2D eigenvalue weighted by Crippen LogP contribution is 2.04. The van der Waals surface area contributed by atoms with Gasteiger partial charge in [-0.15, -0.1) is 0 Å². The molecule has 0 aromatic carbocycles. The van der Waals surface area contributed by atoms with Gasteiger partial charge in [0.2, 0.25) is 0 Å². The molecule has 2 aromatic rings. The topological polar surface area (TPSA) is 57.9 Å². The Balaban J connectivity index is 0.00000162. The fourth-order valence-electron chi connectivity index (χ4n) is 1.38. The van der Waals surface area contributed by atoms with Crippen LogP contribution in [0.15, 0.2) is 48.9 Å². The van der Waals surface area contributed by atoms with Gasteiger partial charge in [-0.2, -0.15) is 0 Å². The summed E-state index contributed by atoms with van der Waals surface area (Å²) >= 11 is 0. The molecule has 0 spiro atoms. The molecule has 5 nitrogen and oxygen atoms in total. The Morgan fingerprint density at radius 2 is 2.06 bits per heavy atom. The summed E-state index contributed by atoms with van der Waals surface area (Å²) in [6.07, 6.45) is 5.33. The lowest BCUT2D eigenvalue weighted by atomic mass is 10.4. The van der Waals surface area contributed by atoms with Crippen molar-refractivity contribution in [3.05, 3.63) is 48.9 Å². The lowest BCUT2D eigenvalue weighted by molar-refractivity contribution is -0.670. The van der Waals surface area contributed by atoms with Gasteiger partial charge in [0.05, 0.1) is 0 Å². The molecule has 0 saturated carbocycles. The summed E-state index contributed by atoms with van der Waals surface area (Å²) in [6.45, 7) is 0. The highest BCUT2D eigenvalue weighted by molar-refractivity contribution is 5.98. The fourth-order valence-corrected chi connectivity index (χ4v) is 1.38. The van der Waals surface area contributed by atoms with Crippen LogP contribution in [0.1, 0.15) is 0 Å². The first-order chi connectivity index (χ1) is 8.24. The van der Waals surface area contributed by atoms with E-state index in [1.165, 1.54) is 0 Å². The third-order valence-electron chi connectivity index (χ3n) is 2.10. The highest BCUT2D eigenvalue weighted by atomic mass is 127. The Hall–Kier alpha value is -1.70. The van der Waals surface area contributed by atoms with E-state index in [2.05, 4.69) is 15.6 Å². The Morgan fingerprint density at radius 1 is 1.22 bits per heavy atom. The van der Waals surface area contributed by atoms with Gasteiger partial charge in [0.15, 0.2) is 12.4 Å². The van der Waals surface area contributed by atoms with Crippen molar-refractivity contribution in [2.24, 2.45) is 7.05 Å². The smallest absolute Gasteiger partial charge is 0.325 e. The summed E-state index contributed by atoms with van der Waals surface area (Å²) in [7, 11) is 1.89. The van der Waals surface area contributed by atoms with Crippen molar-refractivity contribution in [2.75, 3.05) is 10.6 Å². The highest BCUT2D eigenvalue weighted by Gasteiger charge is 2.04. The molecule has 0 aliphatic carbocycles. The number of pyridine rings is 2. The lowest BCUT2D eigenvalue weighted by Gasteiger charge is -2.05. The number of aryl methyl sites for hydroxylation is 1. The predicted molar refractivity (Wildman–Crippen MR) is 64.5 cm³/mol. The zero-order chi connectivity index (χ0) is 12.1. The van der Waals surface area contributed by atoms with Crippen molar-refractivity contribution in [1.29, 1.82) is 0 Å². The average molecular weight is 356 g/mol. The van der Waals surface area contributed by atoms with Crippen molar-refractivity contribution in [3.8, 4) is 0 Å². The number of hydrogen-bond donors (Lipinski definition) is 2. The maximum atomic E-state index is 11.6. The number of hydrogen-bond acceptors (Lipinski definition) is 2. The molecule has 0 aliphatic rings. The van der Waals surface area contributed by atoms with Gasteiger partial charge in [0, 0.05) is 12.3 Å². The summed E-state index contributed by atoms with van der Waals surface area (Å²) in [5.74, 6) is 0.519. The Bertz CT molecular complexity index is 518. The minimum Gasteiger partial charge on any atom is -1.00 e. The molecule has 6 heteroatoms. The first-order valence-corrected chi connectivity index (χ1v) is 5.18. The molecule has 0 fully saturated rings. The number of nitrogens with one attached hydrogen (secondary N) is 2. The van der Waals surface area contributed by atoms with Gasteiger partial charge < -0.3 is 29.3 Å². The first kappa shape index (κ1) is 14.4. The molecule has 0 aliphatic heterocycles. The molecule has 0 saturated heterocycles. The van der Waals surface area contributed by atoms with Gasteiger partial charge in [-0.05, 0) is 18.2 Å². The molecule has 2 heterocycles. The van der Waals surface area contributed by atoms with Gasteiger partial charge in [0.25, 0.3) is 0 Å². The molecule has 2 amide bonds. The van der Waals surface area contributed by atoms with E-state index in [1.54, 1.807) is 18.3 Å². The molecule has 2 aromatic heterocycles. The fraction of sp³-hybridized carbons (Fsp3) is 0.0833. The average Bonchev–Trinajstić information content (AvgIpc) is 2.30. The Labute approximate surface area is 122 Å². The van der Waals surface area contributed by atoms with Gasteiger partial charge in [0.1, 0.15) is 18.6 Å². The summed E-state index contributed by atoms with van der Waals surface area (Å²) in [5, 5.41) is 5.36. The summed E-state index contributed by atoms with van der Waals surface area (Å²) in [4.78, 5) is 15.6. The summed E-state index contributed by atoms with van der Waals surface area (Å²) in [6, 6.07) is 8.69. The molecular formula is C12H13IN4O. The maximum Gasteiger partial charge on any atom is 0.325 e.